The van der Waals surface area contributed by atoms with E-state index in [1.165, 1.54) is 19.2 Å². The van der Waals surface area contributed by atoms with Gasteiger partial charge < -0.3 is 9.15 Å². The molecule has 0 bridgehead atoms. The first-order valence-electron chi connectivity index (χ1n) is 6.50. The number of rotatable bonds is 5. The number of nitrogens with zero attached hydrogens (tertiary/aromatic N) is 1. The number of ether oxygens (including phenoxy) is 1. The minimum absolute atomic E-state index is 0.0646. The molecule has 106 valence electrons. The Labute approximate surface area is 116 Å². The average molecular weight is 277 g/mol. The third-order valence-corrected chi connectivity index (χ3v) is 2.97. The van der Waals surface area contributed by atoms with Crippen LogP contribution in [0.15, 0.2) is 33.5 Å². The maximum atomic E-state index is 13.7. The predicted molar refractivity (Wildman–Crippen MR) is 73.3 cm³/mol. The Hall–Kier alpha value is -2.17. The van der Waals surface area contributed by atoms with Gasteiger partial charge in [-0.2, -0.15) is 4.98 Å². The van der Waals surface area contributed by atoms with E-state index in [1.807, 2.05) is 6.92 Å². The zero-order valence-electron chi connectivity index (χ0n) is 11.5. The van der Waals surface area contributed by atoms with Gasteiger partial charge in [-0.05, 0) is 25.0 Å². The van der Waals surface area contributed by atoms with Crippen molar-refractivity contribution in [1.82, 2.24) is 4.98 Å². The molecule has 0 radical (unpaired) electrons. The maximum absolute atomic E-state index is 13.7. The highest BCUT2D eigenvalue weighted by Gasteiger charge is 2.16. The minimum Gasteiger partial charge on any atom is -0.481 e. The van der Waals surface area contributed by atoms with Crippen LogP contribution < -0.4 is 10.4 Å². The number of benzene rings is 1. The fraction of sp³-hybridized carbons (Fsp3) is 0.333. The zero-order valence-corrected chi connectivity index (χ0v) is 11.5. The fourth-order valence-corrected chi connectivity index (χ4v) is 1.90. The lowest BCUT2D eigenvalue weighted by Crippen LogP contribution is -2.12. The predicted octanol–water partition coefficient (Wildman–Crippen LogP) is 3.19. The number of methoxy groups -OCH3 is 1. The molecule has 0 aliphatic rings. The summed E-state index contributed by atoms with van der Waals surface area (Å²) in [5.74, 6) is -0.357. The molecule has 0 spiro atoms. The van der Waals surface area contributed by atoms with Crippen LogP contribution in [0.5, 0.6) is 5.88 Å². The van der Waals surface area contributed by atoms with Crippen molar-refractivity contribution in [2.24, 2.45) is 0 Å². The van der Waals surface area contributed by atoms with Gasteiger partial charge in [-0.15, -0.1) is 0 Å². The molecule has 2 rings (SSSR count). The van der Waals surface area contributed by atoms with E-state index >= 15 is 0 Å². The Kier molecular flexibility index (Phi) is 4.50. The smallest absolute Gasteiger partial charge is 0.346 e. The van der Waals surface area contributed by atoms with E-state index in [0.29, 0.717) is 12.0 Å². The fourth-order valence-electron chi connectivity index (χ4n) is 1.90. The van der Waals surface area contributed by atoms with Crippen molar-refractivity contribution in [1.29, 1.82) is 0 Å². The second kappa shape index (κ2) is 6.32. The molecular formula is C15H16FNO3. The number of halogens is 1. The average Bonchev–Trinajstić information content (AvgIpc) is 2.45. The number of hydrogen-bond acceptors (Lipinski definition) is 4. The number of hydrogen-bond donors (Lipinski definition) is 0. The van der Waals surface area contributed by atoms with Gasteiger partial charge in [0.2, 0.25) is 11.8 Å². The number of unbranched alkanes of at least 4 members (excludes halogenated alkanes) is 1. The Bertz CT molecular complexity index is 652. The standard InChI is InChI=1S/C15H16FNO3/c1-3-4-7-11-13(19-2)17-14(20-15(11)18)10-8-5-6-9-12(10)16/h5-6,8-9H,3-4,7H2,1-2H3. The van der Waals surface area contributed by atoms with Crippen molar-refractivity contribution in [2.45, 2.75) is 26.2 Å². The van der Waals surface area contributed by atoms with Gasteiger partial charge in [0.05, 0.1) is 18.2 Å². The highest BCUT2D eigenvalue weighted by Crippen LogP contribution is 2.23. The van der Waals surface area contributed by atoms with Gasteiger partial charge in [-0.1, -0.05) is 25.5 Å². The summed E-state index contributed by atoms with van der Waals surface area (Å²) in [4.78, 5) is 16.1. The molecule has 0 saturated heterocycles. The van der Waals surface area contributed by atoms with Crippen molar-refractivity contribution in [3.8, 4) is 17.3 Å². The molecule has 0 atom stereocenters. The van der Waals surface area contributed by atoms with Crippen molar-refractivity contribution in [3.63, 3.8) is 0 Å². The van der Waals surface area contributed by atoms with Crippen LogP contribution in [0.2, 0.25) is 0 Å². The molecule has 20 heavy (non-hydrogen) atoms. The quantitative estimate of drug-likeness (QED) is 0.842. The molecule has 0 saturated carbocycles. The van der Waals surface area contributed by atoms with Crippen molar-refractivity contribution >= 4 is 0 Å². The van der Waals surface area contributed by atoms with Gasteiger partial charge in [0.15, 0.2) is 0 Å². The SMILES string of the molecule is CCCCc1c(OC)nc(-c2ccccc2F)oc1=O. The Morgan fingerprint density at radius 1 is 1.35 bits per heavy atom. The molecule has 0 N–H and O–H groups in total. The van der Waals surface area contributed by atoms with E-state index in [4.69, 9.17) is 9.15 Å². The van der Waals surface area contributed by atoms with Crippen LogP contribution in [-0.2, 0) is 6.42 Å². The second-order valence-corrected chi connectivity index (χ2v) is 4.38. The molecule has 1 aromatic carbocycles. The molecule has 1 heterocycles. The van der Waals surface area contributed by atoms with Gasteiger partial charge in [0.25, 0.3) is 0 Å². The summed E-state index contributed by atoms with van der Waals surface area (Å²) in [7, 11) is 1.43. The van der Waals surface area contributed by atoms with Gasteiger partial charge in [-0.25, -0.2) is 9.18 Å². The van der Waals surface area contributed by atoms with Gasteiger partial charge in [-0.3, -0.25) is 0 Å². The van der Waals surface area contributed by atoms with Crippen LogP contribution >= 0.6 is 0 Å². The van der Waals surface area contributed by atoms with E-state index < -0.39 is 11.4 Å². The molecule has 4 nitrogen and oxygen atoms in total. The van der Waals surface area contributed by atoms with E-state index in [0.717, 1.165) is 12.8 Å². The van der Waals surface area contributed by atoms with Crippen LogP contribution in [0.25, 0.3) is 11.5 Å². The van der Waals surface area contributed by atoms with Crippen LogP contribution in [0, 0.1) is 5.82 Å². The van der Waals surface area contributed by atoms with Gasteiger partial charge >= 0.3 is 5.63 Å². The summed E-state index contributed by atoms with van der Waals surface area (Å²) in [5, 5.41) is 0. The summed E-state index contributed by atoms with van der Waals surface area (Å²) in [6.07, 6.45) is 2.31. The molecule has 0 amide bonds. The highest BCUT2D eigenvalue weighted by molar-refractivity contribution is 5.54. The Balaban J connectivity index is 2.50. The third kappa shape index (κ3) is 2.87. The molecule has 0 fully saturated rings. The summed E-state index contributed by atoms with van der Waals surface area (Å²) >= 11 is 0. The molecule has 0 aliphatic carbocycles. The monoisotopic (exact) mass is 277 g/mol. The third-order valence-electron chi connectivity index (χ3n) is 2.97. The lowest BCUT2D eigenvalue weighted by Gasteiger charge is -2.07. The minimum atomic E-state index is -0.524. The van der Waals surface area contributed by atoms with Crippen LogP contribution in [0.1, 0.15) is 25.3 Å². The summed E-state index contributed by atoms with van der Waals surface area (Å²) in [6, 6.07) is 6.00. The lowest BCUT2D eigenvalue weighted by molar-refractivity contribution is 0.371. The van der Waals surface area contributed by atoms with Crippen LogP contribution in [0.3, 0.4) is 0 Å². The van der Waals surface area contributed by atoms with Crippen molar-refractivity contribution in [2.75, 3.05) is 7.11 Å². The Morgan fingerprint density at radius 2 is 2.10 bits per heavy atom. The van der Waals surface area contributed by atoms with Gasteiger partial charge in [0, 0.05) is 0 Å². The van der Waals surface area contributed by atoms with Crippen LogP contribution in [0.4, 0.5) is 4.39 Å². The summed E-state index contributed by atoms with van der Waals surface area (Å²) < 4.78 is 24.0. The zero-order chi connectivity index (χ0) is 14.5. The second-order valence-electron chi connectivity index (χ2n) is 4.38. The van der Waals surface area contributed by atoms with Crippen molar-refractivity contribution < 1.29 is 13.5 Å². The Morgan fingerprint density at radius 3 is 2.75 bits per heavy atom. The van der Waals surface area contributed by atoms with E-state index in [1.54, 1.807) is 12.1 Å². The molecule has 5 heteroatoms. The van der Waals surface area contributed by atoms with Gasteiger partial charge in [0.1, 0.15) is 5.82 Å². The lowest BCUT2D eigenvalue weighted by atomic mass is 10.1. The van der Waals surface area contributed by atoms with E-state index in [2.05, 4.69) is 4.98 Å². The largest absolute Gasteiger partial charge is 0.481 e. The first-order chi connectivity index (χ1) is 9.67. The highest BCUT2D eigenvalue weighted by atomic mass is 19.1. The maximum Gasteiger partial charge on any atom is 0.346 e. The topological polar surface area (TPSA) is 52.3 Å². The summed E-state index contributed by atoms with van der Waals surface area (Å²) in [5.41, 5.74) is 0.0166. The van der Waals surface area contributed by atoms with Crippen LogP contribution in [-0.4, -0.2) is 12.1 Å². The molecule has 0 unspecified atom stereocenters. The summed E-state index contributed by atoms with van der Waals surface area (Å²) in [6.45, 7) is 2.02. The molecule has 0 aliphatic heterocycles. The first kappa shape index (κ1) is 14.2. The van der Waals surface area contributed by atoms with E-state index in [-0.39, 0.29) is 17.3 Å². The van der Waals surface area contributed by atoms with Crippen molar-refractivity contribution in [3.05, 3.63) is 46.1 Å². The molecule has 2 aromatic rings. The normalized spacial score (nSPS) is 10.6. The molecule has 1 aromatic heterocycles. The molecular weight excluding hydrogens is 261 g/mol. The van der Waals surface area contributed by atoms with E-state index in [9.17, 15) is 9.18 Å². The number of aromatic nitrogens is 1. The first-order valence-corrected chi connectivity index (χ1v) is 6.50.